The fourth-order valence-corrected chi connectivity index (χ4v) is 3.09. The first kappa shape index (κ1) is 16.7. The number of amides is 1. The van der Waals surface area contributed by atoms with Crippen molar-refractivity contribution in [2.45, 2.75) is 65.6 Å². The van der Waals surface area contributed by atoms with Crippen molar-refractivity contribution in [1.82, 2.24) is 4.90 Å². The van der Waals surface area contributed by atoms with Crippen molar-refractivity contribution in [2.75, 3.05) is 6.61 Å². The van der Waals surface area contributed by atoms with Crippen LogP contribution in [-0.2, 0) is 11.2 Å². The van der Waals surface area contributed by atoms with Gasteiger partial charge in [-0.25, -0.2) is 0 Å². The first-order valence-electron chi connectivity index (χ1n) is 7.96. The van der Waals surface area contributed by atoms with Crippen molar-refractivity contribution in [3.63, 3.8) is 0 Å². The molecule has 0 spiro atoms. The van der Waals surface area contributed by atoms with E-state index in [1.165, 1.54) is 0 Å². The molecule has 1 heterocycles. The van der Waals surface area contributed by atoms with Gasteiger partial charge in [0.15, 0.2) is 18.1 Å². The van der Waals surface area contributed by atoms with Gasteiger partial charge in [0.25, 0.3) is 5.91 Å². The molecular formula is C18H27NO3. The van der Waals surface area contributed by atoms with Crippen molar-refractivity contribution in [1.29, 1.82) is 0 Å². The number of fused-ring (bicyclic) bond motifs is 1. The first-order chi connectivity index (χ1) is 10.2. The Balaban J connectivity index is 2.08. The fourth-order valence-electron chi connectivity index (χ4n) is 3.09. The van der Waals surface area contributed by atoms with Crippen molar-refractivity contribution < 1.29 is 14.3 Å². The molecule has 22 heavy (non-hydrogen) atoms. The monoisotopic (exact) mass is 305 g/mol. The average Bonchev–Trinajstić information content (AvgIpc) is 2.69. The van der Waals surface area contributed by atoms with Gasteiger partial charge in [-0.2, -0.15) is 0 Å². The summed E-state index contributed by atoms with van der Waals surface area (Å²) in [6, 6.07) is 6.18. The summed E-state index contributed by atoms with van der Waals surface area (Å²) in [4.78, 5) is 14.2. The third-order valence-electron chi connectivity index (χ3n) is 3.81. The normalized spacial score (nSPS) is 15.6. The molecule has 0 aromatic heterocycles. The third kappa shape index (κ3) is 3.54. The lowest BCUT2D eigenvalue weighted by Gasteiger charge is -2.30. The second kappa shape index (κ2) is 6.19. The molecule has 1 aliphatic heterocycles. The summed E-state index contributed by atoms with van der Waals surface area (Å²) in [5, 5.41) is 0. The van der Waals surface area contributed by atoms with E-state index in [0.717, 1.165) is 17.7 Å². The molecule has 1 aromatic rings. The Morgan fingerprint density at radius 1 is 1.27 bits per heavy atom. The topological polar surface area (TPSA) is 38.8 Å². The number of para-hydroxylation sites is 1. The molecule has 122 valence electrons. The molecule has 0 bridgehead atoms. The van der Waals surface area contributed by atoms with Gasteiger partial charge in [-0.1, -0.05) is 12.1 Å². The van der Waals surface area contributed by atoms with Gasteiger partial charge >= 0.3 is 0 Å². The maximum atomic E-state index is 12.4. The van der Waals surface area contributed by atoms with Gasteiger partial charge in [-0.15, -0.1) is 0 Å². The summed E-state index contributed by atoms with van der Waals surface area (Å²) in [5.41, 5.74) is 0.924. The summed E-state index contributed by atoms with van der Waals surface area (Å²) in [7, 11) is 0. The molecule has 4 heteroatoms. The van der Waals surface area contributed by atoms with E-state index >= 15 is 0 Å². The Bertz CT molecular complexity index is 541. The van der Waals surface area contributed by atoms with E-state index in [9.17, 15) is 4.79 Å². The number of carbonyl (C=O) groups excluding carboxylic acids is 1. The van der Waals surface area contributed by atoms with Gasteiger partial charge in [-0.3, -0.25) is 4.79 Å². The molecule has 2 rings (SSSR count). The lowest BCUT2D eigenvalue weighted by atomic mass is 10.0. The van der Waals surface area contributed by atoms with Crippen LogP contribution < -0.4 is 9.47 Å². The highest BCUT2D eigenvalue weighted by molar-refractivity contribution is 5.78. The van der Waals surface area contributed by atoms with Gasteiger partial charge in [0.05, 0.1) is 0 Å². The molecule has 0 unspecified atom stereocenters. The summed E-state index contributed by atoms with van der Waals surface area (Å²) in [6.07, 6.45) is 0.859. The van der Waals surface area contributed by atoms with Crippen LogP contribution in [0.3, 0.4) is 0 Å². The van der Waals surface area contributed by atoms with Crippen molar-refractivity contribution in [3.05, 3.63) is 23.8 Å². The zero-order valence-corrected chi connectivity index (χ0v) is 14.5. The van der Waals surface area contributed by atoms with Gasteiger partial charge in [0.2, 0.25) is 0 Å². The van der Waals surface area contributed by atoms with Crippen molar-refractivity contribution in [3.8, 4) is 11.5 Å². The maximum Gasteiger partial charge on any atom is 0.260 e. The summed E-state index contributed by atoms with van der Waals surface area (Å²) < 4.78 is 11.7. The highest BCUT2D eigenvalue weighted by atomic mass is 16.5. The molecule has 1 amide bonds. The highest BCUT2D eigenvalue weighted by Crippen LogP contribution is 2.41. The molecular weight excluding hydrogens is 278 g/mol. The van der Waals surface area contributed by atoms with Crippen LogP contribution in [0.25, 0.3) is 0 Å². The van der Waals surface area contributed by atoms with Crippen LogP contribution in [0.1, 0.15) is 47.1 Å². The Morgan fingerprint density at radius 2 is 1.91 bits per heavy atom. The number of hydrogen-bond acceptors (Lipinski definition) is 3. The standard InChI is InChI=1S/C18H27NO3/c1-12(2)19(13(3)4)16(20)11-21-15-9-7-8-14-10-18(5,6)22-17(14)15/h7-9,12-13H,10-11H2,1-6H3. The molecule has 1 aromatic carbocycles. The van der Waals surface area contributed by atoms with Crippen molar-refractivity contribution >= 4 is 5.91 Å². The number of rotatable bonds is 5. The number of benzene rings is 1. The number of ether oxygens (including phenoxy) is 2. The highest BCUT2D eigenvalue weighted by Gasteiger charge is 2.32. The molecule has 0 N–H and O–H groups in total. The van der Waals surface area contributed by atoms with Crippen LogP contribution in [0.15, 0.2) is 18.2 Å². The van der Waals surface area contributed by atoms with E-state index in [1.807, 2.05) is 50.8 Å². The Hall–Kier alpha value is -1.71. The minimum atomic E-state index is -0.215. The molecule has 4 nitrogen and oxygen atoms in total. The summed E-state index contributed by atoms with van der Waals surface area (Å²) in [6.45, 7) is 12.2. The van der Waals surface area contributed by atoms with E-state index in [0.29, 0.717) is 5.75 Å². The molecule has 0 saturated carbocycles. The van der Waals surface area contributed by atoms with E-state index in [2.05, 4.69) is 13.8 Å². The fraction of sp³-hybridized carbons (Fsp3) is 0.611. The van der Waals surface area contributed by atoms with E-state index < -0.39 is 0 Å². The lowest BCUT2D eigenvalue weighted by Crippen LogP contribution is -2.44. The van der Waals surface area contributed by atoms with E-state index in [-0.39, 0.29) is 30.2 Å². The quantitative estimate of drug-likeness (QED) is 0.836. The Kier molecular flexibility index (Phi) is 4.69. The molecule has 0 radical (unpaired) electrons. The second-order valence-corrected chi connectivity index (χ2v) is 7.06. The van der Waals surface area contributed by atoms with Crippen LogP contribution in [-0.4, -0.2) is 35.1 Å². The molecule has 0 saturated heterocycles. The molecule has 0 atom stereocenters. The zero-order valence-electron chi connectivity index (χ0n) is 14.5. The largest absolute Gasteiger partial charge is 0.483 e. The molecule has 1 aliphatic rings. The van der Waals surface area contributed by atoms with Gasteiger partial charge in [-0.05, 0) is 47.6 Å². The van der Waals surface area contributed by atoms with Gasteiger partial charge in [0.1, 0.15) is 5.60 Å². The molecule has 0 fully saturated rings. The van der Waals surface area contributed by atoms with Crippen LogP contribution in [0.5, 0.6) is 11.5 Å². The minimum absolute atomic E-state index is 0.000129. The predicted molar refractivity (Wildman–Crippen MR) is 87.5 cm³/mol. The number of hydrogen-bond donors (Lipinski definition) is 0. The first-order valence-corrected chi connectivity index (χ1v) is 7.96. The minimum Gasteiger partial charge on any atom is -0.483 e. The summed E-state index contributed by atoms with van der Waals surface area (Å²) >= 11 is 0. The second-order valence-electron chi connectivity index (χ2n) is 7.06. The van der Waals surface area contributed by atoms with Gasteiger partial charge in [0, 0.05) is 24.1 Å². The Morgan fingerprint density at radius 3 is 2.50 bits per heavy atom. The number of carbonyl (C=O) groups is 1. The van der Waals surface area contributed by atoms with Gasteiger partial charge < -0.3 is 14.4 Å². The van der Waals surface area contributed by atoms with Crippen LogP contribution in [0.2, 0.25) is 0 Å². The Labute approximate surface area is 133 Å². The average molecular weight is 305 g/mol. The number of nitrogens with zero attached hydrogens (tertiary/aromatic N) is 1. The smallest absolute Gasteiger partial charge is 0.260 e. The molecule has 0 aliphatic carbocycles. The maximum absolute atomic E-state index is 12.4. The predicted octanol–water partition coefficient (Wildman–Crippen LogP) is 3.42. The van der Waals surface area contributed by atoms with E-state index in [4.69, 9.17) is 9.47 Å². The third-order valence-corrected chi connectivity index (χ3v) is 3.81. The van der Waals surface area contributed by atoms with E-state index in [1.54, 1.807) is 0 Å². The lowest BCUT2D eigenvalue weighted by molar-refractivity contribution is -0.137. The van der Waals surface area contributed by atoms with Crippen LogP contribution in [0, 0.1) is 0 Å². The van der Waals surface area contributed by atoms with Crippen LogP contribution >= 0.6 is 0 Å². The van der Waals surface area contributed by atoms with Crippen LogP contribution in [0.4, 0.5) is 0 Å². The summed E-state index contributed by atoms with van der Waals surface area (Å²) in [5.74, 6) is 1.43. The zero-order chi connectivity index (χ0) is 16.5. The van der Waals surface area contributed by atoms with Crippen molar-refractivity contribution in [2.24, 2.45) is 0 Å². The SMILES string of the molecule is CC(C)N(C(=O)COc1cccc2c1OC(C)(C)C2)C(C)C.